The maximum Gasteiger partial charge on any atom is 0.139 e. The Kier molecular flexibility index (Phi) is 1.90. The Morgan fingerprint density at radius 2 is 2.20 bits per heavy atom. The number of rotatable bonds is 0. The van der Waals surface area contributed by atoms with Crippen molar-refractivity contribution >= 4 is 5.78 Å². The van der Waals surface area contributed by atoms with E-state index in [1.807, 2.05) is 0 Å². The summed E-state index contributed by atoms with van der Waals surface area (Å²) >= 11 is 0. The van der Waals surface area contributed by atoms with E-state index in [-0.39, 0.29) is 5.92 Å². The molecule has 4 atom stereocenters. The summed E-state index contributed by atoms with van der Waals surface area (Å²) in [6.45, 7) is 4.66. The zero-order valence-electron chi connectivity index (χ0n) is 9.75. The fraction of sp³-hybridized carbons (Fsp3) is 0.786. The van der Waals surface area contributed by atoms with Gasteiger partial charge in [0.15, 0.2) is 0 Å². The Bertz CT molecular complexity index is 341. The van der Waals surface area contributed by atoms with Crippen LogP contribution in [-0.2, 0) is 4.79 Å². The minimum Gasteiger partial charge on any atom is -0.299 e. The van der Waals surface area contributed by atoms with Crippen LogP contribution < -0.4 is 0 Å². The van der Waals surface area contributed by atoms with Gasteiger partial charge in [-0.2, -0.15) is 0 Å². The third kappa shape index (κ3) is 1.12. The van der Waals surface area contributed by atoms with Gasteiger partial charge in [-0.25, -0.2) is 0 Å². The van der Waals surface area contributed by atoms with Crippen molar-refractivity contribution in [1.82, 2.24) is 0 Å². The Hall–Kier alpha value is -0.590. The smallest absolute Gasteiger partial charge is 0.139 e. The maximum absolute atomic E-state index is 11.8. The number of Topliss-reactive ketones (excluding diaryl/α,β-unsaturated/α-hetero) is 1. The quantitative estimate of drug-likeness (QED) is 0.553. The molecule has 15 heavy (non-hydrogen) atoms. The van der Waals surface area contributed by atoms with E-state index in [0.29, 0.717) is 11.2 Å². The molecule has 1 nitrogen and oxygen atoms in total. The van der Waals surface area contributed by atoms with Crippen LogP contribution in [0.15, 0.2) is 11.6 Å². The third-order valence-electron chi connectivity index (χ3n) is 5.43. The Morgan fingerprint density at radius 3 is 3.00 bits per heavy atom. The van der Waals surface area contributed by atoms with Gasteiger partial charge in [0.2, 0.25) is 0 Å². The van der Waals surface area contributed by atoms with Gasteiger partial charge >= 0.3 is 0 Å². The first-order valence-electron chi connectivity index (χ1n) is 6.34. The molecular weight excluding hydrogens is 184 g/mol. The maximum atomic E-state index is 11.8. The zero-order chi connectivity index (χ0) is 10.6. The van der Waals surface area contributed by atoms with Gasteiger partial charge in [0.1, 0.15) is 5.78 Å². The molecule has 0 saturated heterocycles. The van der Waals surface area contributed by atoms with Crippen LogP contribution in [0, 0.1) is 23.2 Å². The molecule has 0 radical (unpaired) electrons. The highest BCUT2D eigenvalue weighted by molar-refractivity contribution is 5.84. The van der Waals surface area contributed by atoms with Crippen molar-refractivity contribution < 1.29 is 4.79 Å². The van der Waals surface area contributed by atoms with Crippen LogP contribution in [0.5, 0.6) is 0 Å². The molecular formula is C14H20O. The van der Waals surface area contributed by atoms with Crippen LogP contribution >= 0.6 is 0 Å². The van der Waals surface area contributed by atoms with Gasteiger partial charge in [0.25, 0.3) is 0 Å². The van der Waals surface area contributed by atoms with E-state index in [4.69, 9.17) is 0 Å². The fourth-order valence-electron chi connectivity index (χ4n) is 4.53. The molecule has 3 aliphatic carbocycles. The molecule has 0 heterocycles. The standard InChI is InChI=1S/C14H20O/c1-9-7-11-8-14(6-5-13(11)15)10(2)3-4-12(9)14/h7,10-12H,3-6,8H2,1-2H3/t10-,11+,12-,14+/m1/s1. The van der Waals surface area contributed by atoms with Gasteiger partial charge in [-0.05, 0) is 49.9 Å². The lowest BCUT2D eigenvalue weighted by Gasteiger charge is -2.48. The molecule has 1 spiro atoms. The van der Waals surface area contributed by atoms with Gasteiger partial charge in [0, 0.05) is 12.3 Å². The van der Waals surface area contributed by atoms with E-state index in [9.17, 15) is 4.79 Å². The van der Waals surface area contributed by atoms with Crippen LogP contribution in [0.3, 0.4) is 0 Å². The highest BCUT2D eigenvalue weighted by Gasteiger charge is 2.54. The number of hydrogen-bond donors (Lipinski definition) is 0. The van der Waals surface area contributed by atoms with Gasteiger partial charge in [-0.3, -0.25) is 4.79 Å². The second kappa shape index (κ2) is 2.96. The van der Waals surface area contributed by atoms with Crippen LogP contribution in [0.2, 0.25) is 0 Å². The molecule has 0 unspecified atom stereocenters. The molecule has 0 aromatic heterocycles. The van der Waals surface area contributed by atoms with Crippen molar-refractivity contribution in [2.24, 2.45) is 23.2 Å². The minimum atomic E-state index is 0.274. The number of fused-ring (bicyclic) bond motifs is 1. The van der Waals surface area contributed by atoms with Gasteiger partial charge in [0.05, 0.1) is 0 Å². The van der Waals surface area contributed by atoms with E-state index < -0.39 is 0 Å². The van der Waals surface area contributed by atoms with E-state index >= 15 is 0 Å². The first-order valence-corrected chi connectivity index (χ1v) is 6.34. The van der Waals surface area contributed by atoms with Crippen LogP contribution in [-0.4, -0.2) is 5.78 Å². The number of ketones is 1. The molecule has 0 amide bonds. The average molecular weight is 204 g/mol. The van der Waals surface area contributed by atoms with E-state index in [0.717, 1.165) is 24.7 Å². The Balaban J connectivity index is 2.06. The largest absolute Gasteiger partial charge is 0.299 e. The molecule has 1 heteroatoms. The highest BCUT2D eigenvalue weighted by atomic mass is 16.1. The van der Waals surface area contributed by atoms with Crippen LogP contribution in [0.25, 0.3) is 0 Å². The van der Waals surface area contributed by atoms with Crippen molar-refractivity contribution in [3.05, 3.63) is 11.6 Å². The molecule has 0 aliphatic heterocycles. The molecule has 2 bridgehead atoms. The summed E-state index contributed by atoms with van der Waals surface area (Å²) in [6.07, 6.45) is 8.19. The predicted molar refractivity (Wildman–Crippen MR) is 60.4 cm³/mol. The number of hydrogen-bond acceptors (Lipinski definition) is 1. The number of carbonyl (C=O) groups excluding carboxylic acids is 1. The fourth-order valence-corrected chi connectivity index (χ4v) is 4.53. The van der Waals surface area contributed by atoms with Crippen molar-refractivity contribution in [2.75, 3.05) is 0 Å². The Morgan fingerprint density at radius 1 is 1.40 bits per heavy atom. The molecule has 0 N–H and O–H groups in total. The van der Waals surface area contributed by atoms with Crippen molar-refractivity contribution in [3.63, 3.8) is 0 Å². The summed E-state index contributed by atoms with van der Waals surface area (Å²) in [5.41, 5.74) is 2.03. The lowest BCUT2D eigenvalue weighted by molar-refractivity contribution is -0.127. The van der Waals surface area contributed by atoms with E-state index in [1.54, 1.807) is 0 Å². The second-order valence-corrected chi connectivity index (χ2v) is 5.95. The summed E-state index contributed by atoms with van der Waals surface area (Å²) in [6, 6.07) is 0. The molecule has 2 fully saturated rings. The molecule has 0 aromatic carbocycles. The summed E-state index contributed by atoms with van der Waals surface area (Å²) in [7, 11) is 0. The Labute approximate surface area is 91.9 Å². The normalized spacial score (nSPS) is 48.8. The lowest BCUT2D eigenvalue weighted by atomic mass is 9.56. The number of allylic oxidation sites excluding steroid dienone is 2. The van der Waals surface area contributed by atoms with Gasteiger partial charge in [-0.15, -0.1) is 0 Å². The summed E-state index contributed by atoms with van der Waals surface area (Å²) in [4.78, 5) is 11.8. The summed E-state index contributed by atoms with van der Waals surface area (Å²) < 4.78 is 0. The molecule has 3 aliphatic rings. The highest BCUT2D eigenvalue weighted by Crippen LogP contribution is 2.61. The van der Waals surface area contributed by atoms with Crippen LogP contribution in [0.4, 0.5) is 0 Å². The topological polar surface area (TPSA) is 17.1 Å². The molecule has 3 rings (SSSR count). The van der Waals surface area contributed by atoms with Crippen molar-refractivity contribution in [2.45, 2.75) is 46.0 Å². The van der Waals surface area contributed by atoms with E-state index in [2.05, 4.69) is 19.9 Å². The first-order chi connectivity index (χ1) is 7.13. The first kappa shape index (κ1) is 9.62. The predicted octanol–water partition coefficient (Wildman–Crippen LogP) is 3.35. The summed E-state index contributed by atoms with van der Waals surface area (Å²) in [5.74, 6) is 2.41. The van der Waals surface area contributed by atoms with Crippen molar-refractivity contribution in [1.29, 1.82) is 0 Å². The summed E-state index contributed by atoms with van der Waals surface area (Å²) in [5, 5.41) is 0. The van der Waals surface area contributed by atoms with Crippen molar-refractivity contribution in [3.8, 4) is 0 Å². The zero-order valence-corrected chi connectivity index (χ0v) is 9.75. The molecule has 2 saturated carbocycles. The molecule has 0 aromatic rings. The van der Waals surface area contributed by atoms with E-state index in [1.165, 1.54) is 24.8 Å². The van der Waals surface area contributed by atoms with Gasteiger partial charge in [-0.1, -0.05) is 18.6 Å². The second-order valence-electron chi connectivity index (χ2n) is 5.95. The lowest BCUT2D eigenvalue weighted by Crippen LogP contribution is -2.43. The SMILES string of the molecule is CC1=C[C@H]2C[C@@]3(CCC2=O)[C@H](C)CC[C@H]13. The monoisotopic (exact) mass is 204 g/mol. The molecule has 82 valence electrons. The average Bonchev–Trinajstić information content (AvgIpc) is 2.52. The third-order valence-corrected chi connectivity index (χ3v) is 5.43. The minimum absolute atomic E-state index is 0.274. The van der Waals surface area contributed by atoms with Gasteiger partial charge < -0.3 is 0 Å². The number of carbonyl (C=O) groups is 1. The van der Waals surface area contributed by atoms with Crippen LogP contribution in [0.1, 0.15) is 46.0 Å².